The molecule has 0 saturated carbocycles. The molecule has 0 amide bonds. The third-order valence-corrected chi connectivity index (χ3v) is 10.5. The van der Waals surface area contributed by atoms with Gasteiger partial charge in [0.1, 0.15) is 60.4 Å². The second-order valence-corrected chi connectivity index (χ2v) is 13.0. The van der Waals surface area contributed by atoms with Crippen molar-refractivity contribution in [2.24, 2.45) is 0 Å². The van der Waals surface area contributed by atoms with E-state index in [1.165, 1.54) is 32.4 Å². The van der Waals surface area contributed by atoms with E-state index in [1.54, 1.807) is 13.8 Å². The lowest BCUT2D eigenvalue weighted by atomic mass is 10.1. The smallest absolute Gasteiger partial charge is 0.394 e. The van der Waals surface area contributed by atoms with E-state index in [4.69, 9.17) is 34.7 Å². The van der Waals surface area contributed by atoms with Gasteiger partial charge in [0, 0.05) is 26.6 Å². The molecule has 0 aromatic carbocycles. The van der Waals surface area contributed by atoms with Crippen molar-refractivity contribution in [3.8, 4) is 0 Å². The first kappa shape index (κ1) is 30.3. The third-order valence-electron chi connectivity index (χ3n) is 8.40. The predicted molar refractivity (Wildman–Crippen MR) is 155 cm³/mol. The molecule has 45 heavy (non-hydrogen) atoms. The van der Waals surface area contributed by atoms with Gasteiger partial charge in [0.05, 0.1) is 25.9 Å². The standard InChI is InChI=1S/C25H34N11O8P/c1-40-20-19(38)15(43-25(20)36-12-33-18-22(27)29-10-31-24(18)36)8-41-45(39,34-4-2-3-5-34)44-13-6-16(42-14(13)7-37)35-11-32-17-21(26)28-9-30-23(17)35/h9-16,19-20,25,37-38H,2-8H2,1H3,(H2,26,28,30)(H2,27,29,31)/t13?,14-,15-,16-,19?,20+,25-,45?/m1/s1. The first-order valence-electron chi connectivity index (χ1n) is 14.5. The number of aliphatic hydroxyl groups excluding tert-OH is 2. The van der Waals surface area contributed by atoms with Crippen LogP contribution in [0.4, 0.5) is 11.6 Å². The number of ether oxygens (including phenoxy) is 3. The minimum Gasteiger partial charge on any atom is -0.394 e. The maximum absolute atomic E-state index is 14.5. The Labute approximate surface area is 256 Å². The van der Waals surface area contributed by atoms with Crippen LogP contribution in [0.1, 0.15) is 31.7 Å². The topological polar surface area (TPSA) is 246 Å². The average molecular weight is 648 g/mol. The zero-order chi connectivity index (χ0) is 31.3. The average Bonchev–Trinajstić information content (AvgIpc) is 3.86. The molecule has 6 N–H and O–H groups in total. The maximum Gasteiger partial charge on any atom is 0.408 e. The summed E-state index contributed by atoms with van der Waals surface area (Å²) >= 11 is 0. The summed E-state index contributed by atoms with van der Waals surface area (Å²) in [4.78, 5) is 25.0. The Kier molecular flexibility index (Phi) is 8.13. The molecule has 8 atom stereocenters. The van der Waals surface area contributed by atoms with Crippen LogP contribution in [0.2, 0.25) is 0 Å². The van der Waals surface area contributed by atoms with E-state index in [0.717, 1.165) is 12.8 Å². The maximum atomic E-state index is 14.5. The van der Waals surface area contributed by atoms with Gasteiger partial charge < -0.3 is 35.9 Å². The molecule has 0 aliphatic carbocycles. The summed E-state index contributed by atoms with van der Waals surface area (Å²) in [5, 5.41) is 21.3. The van der Waals surface area contributed by atoms with Crippen LogP contribution in [-0.2, 0) is 27.8 Å². The Morgan fingerprint density at radius 2 is 1.60 bits per heavy atom. The highest BCUT2D eigenvalue weighted by atomic mass is 31.2. The van der Waals surface area contributed by atoms with Crippen LogP contribution in [0.15, 0.2) is 25.3 Å². The van der Waals surface area contributed by atoms with Crippen molar-refractivity contribution >= 4 is 41.7 Å². The van der Waals surface area contributed by atoms with E-state index in [2.05, 4.69) is 29.9 Å². The molecule has 4 aromatic heterocycles. The van der Waals surface area contributed by atoms with Gasteiger partial charge in [-0.05, 0) is 12.8 Å². The number of methoxy groups -OCH3 is 1. The van der Waals surface area contributed by atoms with Crippen LogP contribution in [0, 0.1) is 0 Å². The van der Waals surface area contributed by atoms with Crippen molar-refractivity contribution < 1.29 is 38.0 Å². The van der Waals surface area contributed by atoms with Gasteiger partial charge in [-0.3, -0.25) is 18.2 Å². The molecule has 7 rings (SSSR count). The van der Waals surface area contributed by atoms with Crippen LogP contribution >= 0.6 is 7.75 Å². The molecule has 4 aromatic rings. The van der Waals surface area contributed by atoms with Crippen molar-refractivity contribution in [1.82, 2.24) is 43.7 Å². The zero-order valence-electron chi connectivity index (χ0n) is 24.3. The number of fused-ring (bicyclic) bond motifs is 2. The summed E-state index contributed by atoms with van der Waals surface area (Å²) in [5.74, 6) is 0.427. The fraction of sp³-hybridized carbons (Fsp3) is 0.600. The zero-order valence-corrected chi connectivity index (χ0v) is 25.2. The summed E-state index contributed by atoms with van der Waals surface area (Å²) in [6.45, 7) is 0.303. The van der Waals surface area contributed by atoms with Crippen LogP contribution in [0.25, 0.3) is 22.3 Å². The van der Waals surface area contributed by atoms with Gasteiger partial charge in [0.25, 0.3) is 0 Å². The Morgan fingerprint density at radius 3 is 2.24 bits per heavy atom. The van der Waals surface area contributed by atoms with Gasteiger partial charge in [-0.2, -0.15) is 0 Å². The van der Waals surface area contributed by atoms with E-state index in [0.29, 0.717) is 35.4 Å². The molecule has 20 heteroatoms. The van der Waals surface area contributed by atoms with Crippen molar-refractivity contribution in [2.75, 3.05) is 44.9 Å². The van der Waals surface area contributed by atoms with Gasteiger partial charge in [0.15, 0.2) is 29.2 Å². The van der Waals surface area contributed by atoms with Crippen LogP contribution in [-0.4, -0.2) is 118 Å². The summed E-state index contributed by atoms with van der Waals surface area (Å²) in [6, 6.07) is 0. The highest BCUT2D eigenvalue weighted by Gasteiger charge is 2.49. The molecule has 3 fully saturated rings. The molecule has 242 valence electrons. The molecule has 3 aliphatic heterocycles. The molecule has 19 nitrogen and oxygen atoms in total. The van der Waals surface area contributed by atoms with Crippen molar-refractivity contribution in [1.29, 1.82) is 0 Å². The number of anilines is 2. The molecule has 0 spiro atoms. The second kappa shape index (κ2) is 12.1. The van der Waals surface area contributed by atoms with Crippen molar-refractivity contribution in [2.45, 2.75) is 62.2 Å². The normalized spacial score (nSPS) is 30.5. The lowest BCUT2D eigenvalue weighted by Crippen LogP contribution is -2.36. The number of imidazole rings is 2. The van der Waals surface area contributed by atoms with Gasteiger partial charge >= 0.3 is 7.75 Å². The summed E-state index contributed by atoms with van der Waals surface area (Å²) < 4.78 is 49.6. The highest BCUT2D eigenvalue weighted by molar-refractivity contribution is 7.51. The van der Waals surface area contributed by atoms with E-state index in [-0.39, 0.29) is 31.3 Å². The molecule has 7 heterocycles. The first-order chi connectivity index (χ1) is 21.8. The van der Waals surface area contributed by atoms with E-state index in [1.807, 2.05) is 0 Å². The number of hydrogen-bond donors (Lipinski definition) is 4. The largest absolute Gasteiger partial charge is 0.408 e. The summed E-state index contributed by atoms with van der Waals surface area (Å²) in [5.41, 5.74) is 13.5. The molecule has 3 saturated heterocycles. The molecule has 3 unspecified atom stereocenters. The minimum absolute atomic E-state index is 0.202. The fourth-order valence-corrected chi connectivity index (χ4v) is 8.11. The van der Waals surface area contributed by atoms with Gasteiger partial charge in [-0.25, -0.2) is 39.1 Å². The van der Waals surface area contributed by atoms with Crippen molar-refractivity contribution in [3.05, 3.63) is 25.3 Å². The Hall–Kier alpha value is -3.39. The summed E-state index contributed by atoms with van der Waals surface area (Å²) in [6.07, 6.45) is 1.46. The first-order valence-corrected chi connectivity index (χ1v) is 16.0. The lowest BCUT2D eigenvalue weighted by Gasteiger charge is -2.30. The quantitative estimate of drug-likeness (QED) is 0.165. The number of nitrogen functional groups attached to an aromatic ring is 2. The molecule has 0 radical (unpaired) electrons. The van der Waals surface area contributed by atoms with E-state index >= 15 is 0 Å². The number of aromatic nitrogens is 8. The molecular formula is C25H34N11O8P. The van der Waals surface area contributed by atoms with Crippen molar-refractivity contribution in [3.63, 3.8) is 0 Å². The van der Waals surface area contributed by atoms with Gasteiger partial charge in [-0.15, -0.1) is 0 Å². The predicted octanol–water partition coefficient (Wildman–Crippen LogP) is -0.0106. The lowest BCUT2D eigenvalue weighted by molar-refractivity contribution is -0.0611. The fourth-order valence-electron chi connectivity index (χ4n) is 6.08. The SMILES string of the molecule is CO[C@H]1C(O)[C@@H](COP(=O)(OC2C[C@H](n3cnc4c(N)ncnc43)O[C@@H]2CO)N2CCCC2)O[C@H]1n1cnc2c(N)ncnc21. The molecule has 3 aliphatic rings. The van der Waals surface area contributed by atoms with E-state index < -0.39 is 50.7 Å². The number of hydrogen-bond acceptors (Lipinski definition) is 16. The summed E-state index contributed by atoms with van der Waals surface area (Å²) in [7, 11) is -2.53. The Bertz CT molecular complexity index is 1720. The van der Waals surface area contributed by atoms with Crippen LogP contribution in [0.5, 0.6) is 0 Å². The highest BCUT2D eigenvalue weighted by Crippen LogP contribution is 2.57. The second-order valence-electron chi connectivity index (χ2n) is 11.0. The Morgan fingerprint density at radius 1 is 0.956 bits per heavy atom. The molecule has 0 bridgehead atoms. The molecular weight excluding hydrogens is 613 g/mol. The van der Waals surface area contributed by atoms with Crippen LogP contribution < -0.4 is 11.5 Å². The van der Waals surface area contributed by atoms with Crippen LogP contribution in [0.3, 0.4) is 0 Å². The minimum atomic E-state index is -3.98. The number of nitrogens with two attached hydrogens (primary N) is 2. The number of aliphatic hydroxyl groups is 2. The Balaban J connectivity index is 1.09. The van der Waals surface area contributed by atoms with Gasteiger partial charge in [-0.1, -0.05) is 0 Å². The number of rotatable bonds is 10. The number of nitrogens with zero attached hydrogens (tertiary/aromatic N) is 9. The monoisotopic (exact) mass is 647 g/mol. The van der Waals surface area contributed by atoms with Gasteiger partial charge in [0.2, 0.25) is 0 Å². The third kappa shape index (κ3) is 5.33. The van der Waals surface area contributed by atoms with E-state index in [9.17, 15) is 14.8 Å².